The topological polar surface area (TPSA) is 172 Å². The summed E-state index contributed by atoms with van der Waals surface area (Å²) in [5.41, 5.74) is -9.21. The molecule has 8 aromatic rings. The van der Waals surface area contributed by atoms with Crippen molar-refractivity contribution in [3.63, 3.8) is 0 Å². The van der Waals surface area contributed by atoms with Crippen molar-refractivity contribution in [2.24, 2.45) is 0 Å². The second kappa shape index (κ2) is 20.9. The summed E-state index contributed by atoms with van der Waals surface area (Å²) in [5.74, 6) is -14.4. The van der Waals surface area contributed by atoms with Crippen molar-refractivity contribution < 1.29 is 81.2 Å². The van der Waals surface area contributed by atoms with Gasteiger partial charge in [0.1, 0.15) is 58.8 Å². The summed E-state index contributed by atoms with van der Waals surface area (Å²) in [6, 6.07) is 16.8. The first-order chi connectivity index (χ1) is 33.8. The fraction of sp³-hybridized carbons (Fsp3) is 0.200. The van der Waals surface area contributed by atoms with Crippen molar-refractivity contribution in [3.8, 4) is 33.8 Å². The van der Waals surface area contributed by atoms with Crippen LogP contribution in [0.1, 0.15) is 29.9 Å². The third kappa shape index (κ3) is 12.1. The summed E-state index contributed by atoms with van der Waals surface area (Å²) in [5, 5.41) is 42.3. The van der Waals surface area contributed by atoms with Gasteiger partial charge in [0.25, 0.3) is 0 Å². The molecule has 384 valence electrons. The monoisotopic (exact) mass is 1040 g/mol. The number of hydrogen-bond donors (Lipinski definition) is 2. The fourth-order valence-corrected chi connectivity index (χ4v) is 6.95. The van der Waals surface area contributed by atoms with Crippen LogP contribution in [0.3, 0.4) is 0 Å². The maximum Gasteiger partial charge on any atom is 0.573 e. The smallest absolute Gasteiger partial charge is 0.406 e. The van der Waals surface area contributed by atoms with E-state index in [1.54, 1.807) is 0 Å². The van der Waals surface area contributed by atoms with E-state index in [-0.39, 0.29) is 18.6 Å². The Bertz CT molecular complexity index is 2870. The Hall–Kier alpha value is -8.14. The van der Waals surface area contributed by atoms with Crippen molar-refractivity contribution in [1.29, 1.82) is 0 Å². The van der Waals surface area contributed by atoms with Crippen molar-refractivity contribution in [1.82, 2.24) is 50.4 Å². The first-order valence-electron chi connectivity index (χ1n) is 20.0. The summed E-state index contributed by atoms with van der Waals surface area (Å²) in [7, 11) is 0. The third-order valence-corrected chi connectivity index (χ3v) is 10.4. The molecule has 28 heteroatoms. The van der Waals surface area contributed by atoms with Gasteiger partial charge in [-0.3, -0.25) is 9.97 Å². The molecule has 0 aliphatic heterocycles. The minimum atomic E-state index is -4.88. The highest BCUT2D eigenvalue weighted by molar-refractivity contribution is 5.64. The average molecular weight is 1040 g/mol. The molecular weight excluding hydrogens is 1010 g/mol. The molecule has 0 unspecified atom stereocenters. The van der Waals surface area contributed by atoms with Gasteiger partial charge in [-0.2, -0.15) is 17.6 Å². The number of tetrazole rings is 2. The van der Waals surface area contributed by atoms with Crippen molar-refractivity contribution in [2.45, 2.75) is 56.3 Å². The number of benzene rings is 4. The van der Waals surface area contributed by atoms with Gasteiger partial charge in [0.15, 0.2) is 11.2 Å². The van der Waals surface area contributed by atoms with E-state index in [1.165, 1.54) is 36.4 Å². The van der Waals surface area contributed by atoms with E-state index < -0.39 is 106 Å². The molecule has 0 amide bonds. The van der Waals surface area contributed by atoms with Gasteiger partial charge in [0.2, 0.25) is 0 Å². The Kier molecular flexibility index (Phi) is 15.5. The van der Waals surface area contributed by atoms with Gasteiger partial charge in [-0.25, -0.2) is 26.9 Å². The van der Waals surface area contributed by atoms with E-state index in [1.807, 2.05) is 0 Å². The normalized spacial score (nSPS) is 13.7. The van der Waals surface area contributed by atoms with Crippen molar-refractivity contribution in [3.05, 3.63) is 180 Å². The molecule has 4 heterocycles. The van der Waals surface area contributed by atoms with Crippen molar-refractivity contribution in [2.75, 3.05) is 0 Å². The molecular formula is C45H32F14N10O4. The minimum absolute atomic E-state index is 0. The van der Waals surface area contributed by atoms with Crippen LogP contribution in [0.2, 0.25) is 0 Å². The standard InChI is InChI=1S/2C22H14F7N5O2.CH4/c2*23-15-4-7-17(18(24)9-15)20(35,11-34-12-31-32-33-34)21(25,26)19-8-3-14(10-30-19)13-1-5-16(6-2-13)36-22(27,28)29;/h2*1-10,12,35H,11H2;1H4/t2*20-;/m10./s1. The number of aromatic nitrogens is 10. The number of aliphatic hydroxyl groups is 2. The zero-order chi connectivity index (χ0) is 52.3. The zero-order valence-electron chi connectivity index (χ0n) is 35.6. The van der Waals surface area contributed by atoms with E-state index in [4.69, 9.17) is 0 Å². The lowest BCUT2D eigenvalue weighted by molar-refractivity contribution is -0.275. The molecule has 73 heavy (non-hydrogen) atoms. The van der Waals surface area contributed by atoms with Gasteiger partial charge in [-0.1, -0.05) is 43.8 Å². The predicted octanol–water partition coefficient (Wildman–Crippen LogP) is 9.82. The molecule has 0 aliphatic rings. The number of hydrogen-bond acceptors (Lipinski definition) is 12. The number of rotatable bonds is 14. The molecule has 8 rings (SSSR count). The lowest BCUT2D eigenvalue weighted by atomic mass is 9.84. The molecule has 2 atom stereocenters. The van der Waals surface area contributed by atoms with Gasteiger partial charge in [0.05, 0.1) is 13.1 Å². The maximum absolute atomic E-state index is 15.7. The highest BCUT2D eigenvalue weighted by Crippen LogP contribution is 2.48. The SMILES string of the molecule is C.O[C@@](Cn1cnnn1)(c1ccc(F)cc1F)C(F)(F)c1ccc(-c2ccc(OC(F)(F)F)cc2)cn1.O[C@](Cn1cnnn1)(c1ccc(F)cc1F)C(F)(F)c1ccc(-c2ccc(OC(F)(F)F)cc2)cn1. The minimum Gasteiger partial charge on any atom is -0.406 e. The summed E-state index contributed by atoms with van der Waals surface area (Å²) in [4.78, 5) is 7.40. The van der Waals surface area contributed by atoms with E-state index in [0.29, 0.717) is 47.5 Å². The highest BCUT2D eigenvalue weighted by atomic mass is 19.4. The van der Waals surface area contributed by atoms with Gasteiger partial charge < -0.3 is 19.7 Å². The van der Waals surface area contributed by atoms with Crippen LogP contribution in [0.15, 0.2) is 134 Å². The first kappa shape index (κ1) is 54.2. The molecule has 0 aliphatic carbocycles. The number of alkyl halides is 10. The largest absolute Gasteiger partial charge is 0.573 e. The predicted molar refractivity (Wildman–Crippen MR) is 223 cm³/mol. The second-order valence-corrected chi connectivity index (χ2v) is 15.1. The number of nitrogens with zero attached hydrogens (tertiary/aromatic N) is 10. The van der Waals surface area contributed by atoms with Crippen LogP contribution in [0.25, 0.3) is 22.3 Å². The number of ether oxygens (including phenoxy) is 2. The number of halogens is 14. The molecule has 0 bridgehead atoms. The molecule has 0 saturated carbocycles. The fourth-order valence-electron chi connectivity index (χ4n) is 6.95. The number of pyridine rings is 2. The lowest BCUT2D eigenvalue weighted by Gasteiger charge is -2.35. The Morgan fingerprint density at radius 3 is 1.07 bits per heavy atom. The van der Waals surface area contributed by atoms with E-state index in [2.05, 4.69) is 50.5 Å². The third-order valence-electron chi connectivity index (χ3n) is 10.4. The first-order valence-corrected chi connectivity index (χ1v) is 20.0. The quantitative estimate of drug-likeness (QED) is 0.0990. The maximum atomic E-state index is 15.7. The summed E-state index contributed by atoms with van der Waals surface area (Å²) < 4.78 is 202. The zero-order valence-corrected chi connectivity index (χ0v) is 35.6. The van der Waals surface area contributed by atoms with E-state index >= 15 is 17.6 Å². The van der Waals surface area contributed by atoms with Crippen LogP contribution in [-0.4, -0.2) is 73.3 Å². The van der Waals surface area contributed by atoms with Crippen LogP contribution in [-0.2, 0) is 36.1 Å². The van der Waals surface area contributed by atoms with Gasteiger partial charge in [-0.05, 0) is 92.6 Å². The molecule has 0 saturated heterocycles. The Labute approximate surface area is 401 Å². The van der Waals surface area contributed by atoms with Gasteiger partial charge >= 0.3 is 24.6 Å². The van der Waals surface area contributed by atoms with Gasteiger partial charge in [0, 0.05) is 46.8 Å². The Morgan fingerprint density at radius 2 is 0.795 bits per heavy atom. The average Bonchev–Trinajstić information content (AvgIpc) is 4.03. The van der Waals surface area contributed by atoms with Crippen molar-refractivity contribution >= 4 is 0 Å². The van der Waals surface area contributed by atoms with E-state index in [9.17, 15) is 54.1 Å². The highest BCUT2D eigenvalue weighted by Gasteiger charge is 2.59. The van der Waals surface area contributed by atoms with Crippen LogP contribution in [0.4, 0.5) is 61.5 Å². The van der Waals surface area contributed by atoms with Crippen LogP contribution in [0.5, 0.6) is 11.5 Å². The summed E-state index contributed by atoms with van der Waals surface area (Å²) in [6.45, 7) is -2.03. The second-order valence-electron chi connectivity index (χ2n) is 15.1. The molecule has 0 fully saturated rings. The Morgan fingerprint density at radius 1 is 0.452 bits per heavy atom. The lowest BCUT2D eigenvalue weighted by Crippen LogP contribution is -2.48. The molecule has 4 aromatic heterocycles. The van der Waals surface area contributed by atoms with E-state index in [0.717, 1.165) is 70.8 Å². The molecule has 0 spiro atoms. The van der Waals surface area contributed by atoms with Crippen LogP contribution < -0.4 is 9.47 Å². The van der Waals surface area contributed by atoms with Gasteiger partial charge in [-0.15, -0.1) is 36.5 Å². The molecule has 0 radical (unpaired) electrons. The van der Waals surface area contributed by atoms with Crippen LogP contribution in [0, 0.1) is 23.3 Å². The molecule has 2 N–H and O–H groups in total. The summed E-state index contributed by atoms with van der Waals surface area (Å²) in [6.07, 6.45) is -5.90. The molecule has 4 aromatic carbocycles. The Balaban J connectivity index is 0.000000235. The summed E-state index contributed by atoms with van der Waals surface area (Å²) >= 11 is 0. The van der Waals surface area contributed by atoms with Crippen LogP contribution >= 0.6 is 0 Å². The molecule has 14 nitrogen and oxygen atoms in total.